The second-order valence-electron chi connectivity index (χ2n) is 5.99. The van der Waals surface area contributed by atoms with Gasteiger partial charge in [0.2, 0.25) is 0 Å². The van der Waals surface area contributed by atoms with Gasteiger partial charge in [-0.15, -0.1) is 12.4 Å². The first-order valence-electron chi connectivity index (χ1n) is 8.42. The zero-order chi connectivity index (χ0) is 15.2. The van der Waals surface area contributed by atoms with Gasteiger partial charge >= 0.3 is 5.97 Å². The van der Waals surface area contributed by atoms with Crippen molar-refractivity contribution in [2.24, 2.45) is 0 Å². The Bertz CT molecular complexity index is 235. The van der Waals surface area contributed by atoms with E-state index in [0.717, 1.165) is 6.42 Å². The van der Waals surface area contributed by atoms with E-state index in [0.29, 0.717) is 6.61 Å². The predicted molar refractivity (Wildman–Crippen MR) is 93.2 cm³/mol. The smallest absolute Gasteiger partial charge is 0.323 e. The van der Waals surface area contributed by atoms with Gasteiger partial charge in [0, 0.05) is 0 Å². The molecule has 0 radical (unpaired) electrons. The number of carbonyl (C=O) groups is 1. The highest BCUT2D eigenvalue weighted by Gasteiger charge is 2.15. The van der Waals surface area contributed by atoms with Crippen molar-refractivity contribution < 1.29 is 9.53 Å². The van der Waals surface area contributed by atoms with Gasteiger partial charge in [0.05, 0.1) is 6.61 Å². The van der Waals surface area contributed by atoms with Gasteiger partial charge in [0.25, 0.3) is 0 Å². The topological polar surface area (TPSA) is 29.5 Å². The summed E-state index contributed by atoms with van der Waals surface area (Å²) in [6.07, 6.45) is 13.0. The van der Waals surface area contributed by atoms with Crippen molar-refractivity contribution in [1.29, 1.82) is 0 Å². The van der Waals surface area contributed by atoms with Crippen LogP contribution in [0, 0.1) is 0 Å². The van der Waals surface area contributed by atoms with Crippen molar-refractivity contribution in [2.45, 2.75) is 84.1 Å². The first kappa shape index (κ1) is 23.0. The lowest BCUT2D eigenvalue weighted by Crippen LogP contribution is -2.34. The molecule has 0 unspecified atom stereocenters. The third-order valence-electron chi connectivity index (χ3n) is 3.86. The molecule has 0 saturated heterocycles. The third-order valence-corrected chi connectivity index (χ3v) is 3.86. The molecule has 0 saturated carbocycles. The summed E-state index contributed by atoms with van der Waals surface area (Å²) < 4.78 is 5.26. The molecular formula is C17H36ClNO2. The molecule has 1 atom stereocenters. The van der Waals surface area contributed by atoms with E-state index in [1.165, 1.54) is 57.8 Å². The van der Waals surface area contributed by atoms with E-state index >= 15 is 0 Å². The molecule has 0 fully saturated rings. The summed E-state index contributed by atoms with van der Waals surface area (Å²) in [4.78, 5) is 13.5. The van der Waals surface area contributed by atoms with Crippen LogP contribution < -0.4 is 0 Å². The summed E-state index contributed by atoms with van der Waals surface area (Å²) in [5.74, 6) is -0.106. The van der Waals surface area contributed by atoms with E-state index in [1.54, 1.807) is 0 Å². The van der Waals surface area contributed by atoms with Crippen LogP contribution in [-0.2, 0) is 9.53 Å². The van der Waals surface area contributed by atoms with Gasteiger partial charge in [-0.1, -0.05) is 64.7 Å². The molecule has 0 bridgehead atoms. The van der Waals surface area contributed by atoms with Gasteiger partial charge in [0.1, 0.15) is 6.04 Å². The van der Waals surface area contributed by atoms with Gasteiger partial charge in [-0.2, -0.15) is 0 Å². The Morgan fingerprint density at radius 1 is 0.905 bits per heavy atom. The minimum Gasteiger partial charge on any atom is -0.465 e. The van der Waals surface area contributed by atoms with E-state index in [2.05, 4.69) is 6.92 Å². The van der Waals surface area contributed by atoms with E-state index in [1.807, 2.05) is 25.9 Å². The first-order valence-corrected chi connectivity index (χ1v) is 8.42. The second kappa shape index (κ2) is 16.1. The Balaban J connectivity index is 0. The molecule has 0 amide bonds. The zero-order valence-corrected chi connectivity index (χ0v) is 15.3. The SMILES string of the molecule is CCCCCCCCCCCCOC(=O)[C@H](C)N(C)C.Cl. The Morgan fingerprint density at radius 2 is 1.33 bits per heavy atom. The zero-order valence-electron chi connectivity index (χ0n) is 14.5. The molecule has 3 nitrogen and oxygen atoms in total. The fraction of sp³-hybridized carbons (Fsp3) is 0.941. The van der Waals surface area contributed by atoms with Gasteiger partial charge in [-0.25, -0.2) is 0 Å². The molecule has 4 heteroatoms. The molecule has 0 aromatic carbocycles. The molecule has 21 heavy (non-hydrogen) atoms. The van der Waals surface area contributed by atoms with Crippen molar-refractivity contribution in [2.75, 3.05) is 20.7 Å². The Kier molecular flexibility index (Phi) is 17.6. The van der Waals surface area contributed by atoms with Crippen LogP contribution >= 0.6 is 12.4 Å². The Hall–Kier alpha value is -0.280. The lowest BCUT2D eigenvalue weighted by molar-refractivity contribution is -0.148. The lowest BCUT2D eigenvalue weighted by Gasteiger charge is -2.17. The average Bonchev–Trinajstić information content (AvgIpc) is 2.43. The van der Waals surface area contributed by atoms with Crippen LogP contribution in [-0.4, -0.2) is 37.6 Å². The van der Waals surface area contributed by atoms with Gasteiger partial charge in [-0.3, -0.25) is 9.69 Å². The standard InChI is InChI=1S/C17H35NO2.ClH/c1-5-6-7-8-9-10-11-12-13-14-15-20-17(19)16(2)18(3)4;/h16H,5-15H2,1-4H3;1H/t16-;/m0./s1. The predicted octanol–water partition coefficient (Wildman–Crippen LogP) is 4.82. The molecule has 0 aliphatic heterocycles. The monoisotopic (exact) mass is 321 g/mol. The van der Waals surface area contributed by atoms with Crippen molar-refractivity contribution in [3.63, 3.8) is 0 Å². The van der Waals surface area contributed by atoms with Gasteiger partial charge in [-0.05, 0) is 27.4 Å². The molecule has 0 spiro atoms. The normalized spacial score (nSPS) is 12.0. The van der Waals surface area contributed by atoms with Crippen molar-refractivity contribution >= 4 is 18.4 Å². The van der Waals surface area contributed by atoms with Crippen LogP contribution in [0.15, 0.2) is 0 Å². The molecule has 0 aliphatic carbocycles. The first-order chi connectivity index (χ1) is 9.59. The molecule has 0 N–H and O–H groups in total. The minimum atomic E-state index is -0.141. The van der Waals surface area contributed by atoms with Crippen molar-refractivity contribution in [3.8, 4) is 0 Å². The number of ether oxygens (including phenoxy) is 1. The average molecular weight is 322 g/mol. The summed E-state index contributed by atoms with van der Waals surface area (Å²) in [6, 6.07) is -0.141. The van der Waals surface area contributed by atoms with Crippen LogP contribution in [0.4, 0.5) is 0 Å². The number of hydrogen-bond acceptors (Lipinski definition) is 3. The number of unbranched alkanes of at least 4 members (excludes halogenated alkanes) is 9. The van der Waals surface area contributed by atoms with Crippen LogP contribution in [0.2, 0.25) is 0 Å². The summed E-state index contributed by atoms with van der Waals surface area (Å²) >= 11 is 0. The van der Waals surface area contributed by atoms with E-state index in [4.69, 9.17) is 4.74 Å². The summed E-state index contributed by atoms with van der Waals surface area (Å²) in [7, 11) is 3.79. The minimum absolute atomic E-state index is 0. The van der Waals surface area contributed by atoms with Gasteiger partial charge < -0.3 is 4.74 Å². The van der Waals surface area contributed by atoms with Crippen molar-refractivity contribution in [1.82, 2.24) is 4.90 Å². The summed E-state index contributed by atoms with van der Waals surface area (Å²) in [5, 5.41) is 0. The lowest BCUT2D eigenvalue weighted by atomic mass is 10.1. The van der Waals surface area contributed by atoms with Crippen LogP contribution in [0.3, 0.4) is 0 Å². The molecule has 0 heterocycles. The maximum Gasteiger partial charge on any atom is 0.323 e. The van der Waals surface area contributed by atoms with Crippen LogP contribution in [0.25, 0.3) is 0 Å². The van der Waals surface area contributed by atoms with Crippen LogP contribution in [0.1, 0.15) is 78.1 Å². The molecule has 0 aromatic rings. The van der Waals surface area contributed by atoms with Crippen molar-refractivity contribution in [3.05, 3.63) is 0 Å². The van der Waals surface area contributed by atoms with Crippen LogP contribution in [0.5, 0.6) is 0 Å². The third kappa shape index (κ3) is 14.4. The highest BCUT2D eigenvalue weighted by molar-refractivity contribution is 5.85. The molecule has 128 valence electrons. The molecular weight excluding hydrogens is 286 g/mol. The molecule has 0 aromatic heterocycles. The molecule has 0 aliphatic rings. The quantitative estimate of drug-likeness (QED) is 0.360. The maximum absolute atomic E-state index is 11.6. The number of nitrogens with zero attached hydrogens (tertiary/aromatic N) is 1. The fourth-order valence-electron chi connectivity index (χ4n) is 2.09. The van der Waals surface area contributed by atoms with E-state index in [9.17, 15) is 4.79 Å². The number of esters is 1. The Labute approximate surface area is 138 Å². The fourth-order valence-corrected chi connectivity index (χ4v) is 2.09. The molecule has 0 rings (SSSR count). The highest BCUT2D eigenvalue weighted by atomic mass is 35.5. The van der Waals surface area contributed by atoms with E-state index in [-0.39, 0.29) is 24.4 Å². The number of rotatable bonds is 13. The highest BCUT2D eigenvalue weighted by Crippen LogP contribution is 2.10. The maximum atomic E-state index is 11.6. The summed E-state index contributed by atoms with van der Waals surface area (Å²) in [5.41, 5.74) is 0. The van der Waals surface area contributed by atoms with E-state index < -0.39 is 0 Å². The Morgan fingerprint density at radius 3 is 1.76 bits per heavy atom. The van der Waals surface area contributed by atoms with Gasteiger partial charge in [0.15, 0.2) is 0 Å². The summed E-state index contributed by atoms with van der Waals surface area (Å²) in [6.45, 7) is 4.71. The largest absolute Gasteiger partial charge is 0.465 e. The number of halogens is 1. The second-order valence-corrected chi connectivity index (χ2v) is 5.99. The number of carbonyl (C=O) groups excluding carboxylic acids is 1. The number of likely N-dealkylation sites (N-methyl/N-ethyl adjacent to an activating group) is 1. The number of hydrogen-bond donors (Lipinski definition) is 0.